The van der Waals surface area contributed by atoms with Crippen LogP contribution in [0, 0.1) is 11.6 Å². The molecule has 1 fully saturated rings. The molecule has 0 radical (unpaired) electrons. The first kappa shape index (κ1) is 10.8. The van der Waals surface area contributed by atoms with Crippen LogP contribution < -0.4 is 5.32 Å². The summed E-state index contributed by atoms with van der Waals surface area (Å²) >= 11 is 0.724. The third-order valence-corrected chi connectivity index (χ3v) is 2.69. The van der Waals surface area contributed by atoms with Crippen LogP contribution in [0.3, 0.4) is 0 Å². The summed E-state index contributed by atoms with van der Waals surface area (Å²) in [6, 6.07) is 3.24. The zero-order valence-corrected chi connectivity index (χ0v) is 8.61. The Balaban J connectivity index is 2.32. The predicted molar refractivity (Wildman–Crippen MR) is 55.5 cm³/mol. The van der Waals surface area contributed by atoms with E-state index in [0.717, 1.165) is 23.9 Å². The van der Waals surface area contributed by atoms with Gasteiger partial charge in [0, 0.05) is 0 Å². The Morgan fingerprint density at radius 1 is 1.19 bits per heavy atom. The van der Waals surface area contributed by atoms with Gasteiger partial charge in [0.2, 0.25) is 0 Å². The smallest absolute Gasteiger partial charge is 0.282 e. The molecule has 2 amide bonds. The average Bonchev–Trinajstić information content (AvgIpc) is 2.51. The first-order valence-electron chi connectivity index (χ1n) is 4.26. The van der Waals surface area contributed by atoms with Crippen molar-refractivity contribution in [2.24, 2.45) is 0 Å². The predicted octanol–water partition coefficient (Wildman–Crippen LogP) is 2.29. The largest absolute Gasteiger partial charge is 0.290 e. The Morgan fingerprint density at radius 2 is 1.94 bits per heavy atom. The van der Waals surface area contributed by atoms with E-state index in [1.54, 1.807) is 0 Å². The number of carbonyl (C=O) groups is 2. The molecule has 0 bridgehead atoms. The summed E-state index contributed by atoms with van der Waals surface area (Å²) in [4.78, 5) is 22.1. The van der Waals surface area contributed by atoms with Crippen LogP contribution in [-0.4, -0.2) is 11.1 Å². The molecule has 1 heterocycles. The van der Waals surface area contributed by atoms with E-state index in [9.17, 15) is 18.4 Å². The molecule has 1 aromatic rings. The lowest BCUT2D eigenvalue weighted by molar-refractivity contribution is -0.115. The van der Waals surface area contributed by atoms with Gasteiger partial charge in [-0.1, -0.05) is 6.07 Å². The standard InChI is InChI=1S/C10H5F2NO2S/c11-6-2-1-5(3-7(6)12)4-8-9(14)13-10(15)16-8/h1-4H,(H,13,14,15)/b8-4+. The Hall–Kier alpha value is -1.69. The van der Waals surface area contributed by atoms with Crippen molar-refractivity contribution in [3.8, 4) is 0 Å². The SMILES string of the molecule is O=C1NC(=O)/C(=C\c2ccc(F)c(F)c2)S1. The van der Waals surface area contributed by atoms with Gasteiger partial charge in [-0.05, 0) is 35.5 Å². The number of nitrogens with one attached hydrogen (secondary N) is 1. The lowest BCUT2D eigenvalue weighted by Gasteiger charge is -1.96. The zero-order chi connectivity index (χ0) is 11.7. The fourth-order valence-electron chi connectivity index (χ4n) is 1.17. The van der Waals surface area contributed by atoms with Gasteiger partial charge in [0.15, 0.2) is 11.6 Å². The van der Waals surface area contributed by atoms with Gasteiger partial charge in [-0.3, -0.25) is 14.9 Å². The Kier molecular flexibility index (Phi) is 2.74. The lowest BCUT2D eigenvalue weighted by Crippen LogP contribution is -2.17. The van der Waals surface area contributed by atoms with Crippen LogP contribution in [0.25, 0.3) is 6.08 Å². The van der Waals surface area contributed by atoms with Crippen LogP contribution in [0.5, 0.6) is 0 Å². The molecule has 1 aromatic carbocycles. The molecule has 0 unspecified atom stereocenters. The summed E-state index contributed by atoms with van der Waals surface area (Å²) < 4.78 is 25.5. The topological polar surface area (TPSA) is 46.2 Å². The highest BCUT2D eigenvalue weighted by Crippen LogP contribution is 2.25. The van der Waals surface area contributed by atoms with Crippen LogP contribution in [-0.2, 0) is 4.79 Å². The van der Waals surface area contributed by atoms with E-state index in [-0.39, 0.29) is 4.91 Å². The Morgan fingerprint density at radius 3 is 2.50 bits per heavy atom. The minimum atomic E-state index is -0.996. The van der Waals surface area contributed by atoms with Crippen molar-refractivity contribution in [3.05, 3.63) is 40.3 Å². The van der Waals surface area contributed by atoms with Gasteiger partial charge in [-0.15, -0.1) is 0 Å². The molecular formula is C10H5F2NO2S. The normalized spacial score (nSPS) is 18.0. The molecule has 1 N–H and O–H groups in total. The number of thioether (sulfide) groups is 1. The van der Waals surface area contributed by atoms with Crippen molar-refractivity contribution < 1.29 is 18.4 Å². The highest BCUT2D eigenvalue weighted by Gasteiger charge is 2.24. The van der Waals surface area contributed by atoms with Crippen LogP contribution in [0.4, 0.5) is 13.6 Å². The molecule has 6 heteroatoms. The number of imide groups is 1. The number of rotatable bonds is 1. The average molecular weight is 241 g/mol. The van der Waals surface area contributed by atoms with E-state index >= 15 is 0 Å². The third-order valence-electron chi connectivity index (χ3n) is 1.88. The fourth-order valence-corrected chi connectivity index (χ4v) is 1.86. The summed E-state index contributed by atoms with van der Waals surface area (Å²) in [6.07, 6.45) is 1.33. The van der Waals surface area contributed by atoms with E-state index in [1.165, 1.54) is 12.1 Å². The second kappa shape index (κ2) is 4.05. The van der Waals surface area contributed by atoms with Crippen molar-refractivity contribution in [2.45, 2.75) is 0 Å². The number of amides is 2. The molecule has 1 aliphatic rings. The van der Waals surface area contributed by atoms with E-state index in [1.807, 2.05) is 0 Å². The van der Waals surface area contributed by atoms with E-state index < -0.39 is 22.8 Å². The summed E-state index contributed by atoms with van der Waals surface area (Å²) in [7, 11) is 0. The highest BCUT2D eigenvalue weighted by atomic mass is 32.2. The quantitative estimate of drug-likeness (QED) is 0.767. The van der Waals surface area contributed by atoms with Crippen LogP contribution in [0.1, 0.15) is 5.56 Å². The number of halogens is 2. The van der Waals surface area contributed by atoms with Gasteiger partial charge in [0.05, 0.1) is 4.91 Å². The van der Waals surface area contributed by atoms with Crippen LogP contribution >= 0.6 is 11.8 Å². The molecule has 82 valence electrons. The van der Waals surface area contributed by atoms with Gasteiger partial charge >= 0.3 is 0 Å². The summed E-state index contributed by atoms with van der Waals surface area (Å²) in [5.74, 6) is -2.48. The van der Waals surface area contributed by atoms with Crippen molar-refractivity contribution in [1.82, 2.24) is 5.32 Å². The molecule has 0 spiro atoms. The molecule has 0 atom stereocenters. The number of hydrogen-bond acceptors (Lipinski definition) is 3. The van der Waals surface area contributed by atoms with E-state index in [4.69, 9.17) is 0 Å². The molecule has 16 heavy (non-hydrogen) atoms. The van der Waals surface area contributed by atoms with Crippen LogP contribution in [0.15, 0.2) is 23.1 Å². The maximum Gasteiger partial charge on any atom is 0.290 e. The molecule has 1 saturated heterocycles. The number of hydrogen-bond donors (Lipinski definition) is 1. The summed E-state index contributed by atoms with van der Waals surface area (Å²) in [6.45, 7) is 0. The van der Waals surface area contributed by atoms with E-state index in [2.05, 4.69) is 5.32 Å². The second-order valence-electron chi connectivity index (χ2n) is 3.03. The van der Waals surface area contributed by atoms with Gasteiger partial charge in [0.1, 0.15) is 0 Å². The first-order chi connectivity index (χ1) is 7.56. The maximum atomic E-state index is 12.8. The van der Waals surface area contributed by atoms with Crippen LogP contribution in [0.2, 0.25) is 0 Å². The molecule has 0 aliphatic carbocycles. The van der Waals surface area contributed by atoms with Gasteiger partial charge in [0.25, 0.3) is 11.1 Å². The fraction of sp³-hybridized carbons (Fsp3) is 0. The molecular weight excluding hydrogens is 236 g/mol. The van der Waals surface area contributed by atoms with Gasteiger partial charge in [-0.2, -0.15) is 0 Å². The maximum absolute atomic E-state index is 12.8. The molecule has 1 aliphatic heterocycles. The molecule has 0 aromatic heterocycles. The van der Waals surface area contributed by atoms with Crippen molar-refractivity contribution in [3.63, 3.8) is 0 Å². The second-order valence-corrected chi connectivity index (χ2v) is 4.04. The minimum Gasteiger partial charge on any atom is -0.282 e. The summed E-state index contributed by atoms with van der Waals surface area (Å²) in [5.41, 5.74) is 0.325. The molecule has 2 rings (SSSR count). The molecule has 3 nitrogen and oxygen atoms in total. The highest BCUT2D eigenvalue weighted by molar-refractivity contribution is 8.18. The minimum absolute atomic E-state index is 0.163. The number of benzene rings is 1. The first-order valence-corrected chi connectivity index (χ1v) is 5.08. The monoisotopic (exact) mass is 241 g/mol. The Bertz CT molecular complexity index is 514. The van der Waals surface area contributed by atoms with Gasteiger partial charge < -0.3 is 0 Å². The van der Waals surface area contributed by atoms with Gasteiger partial charge in [-0.25, -0.2) is 8.78 Å². The lowest BCUT2D eigenvalue weighted by atomic mass is 10.2. The van der Waals surface area contributed by atoms with Crippen molar-refractivity contribution in [1.29, 1.82) is 0 Å². The zero-order valence-electron chi connectivity index (χ0n) is 7.79. The van der Waals surface area contributed by atoms with Crippen molar-refractivity contribution >= 4 is 29.0 Å². The van der Waals surface area contributed by atoms with E-state index in [0.29, 0.717) is 5.56 Å². The Labute approximate surface area is 93.5 Å². The summed E-state index contributed by atoms with van der Waals surface area (Å²) in [5, 5.41) is 1.59. The van der Waals surface area contributed by atoms with Crippen molar-refractivity contribution in [2.75, 3.05) is 0 Å². The molecule has 0 saturated carbocycles. The number of carbonyl (C=O) groups excluding carboxylic acids is 2. The third kappa shape index (κ3) is 2.11.